The summed E-state index contributed by atoms with van der Waals surface area (Å²) < 4.78 is 0. The molecule has 2 amide bonds. The van der Waals surface area contributed by atoms with Crippen molar-refractivity contribution < 1.29 is 14.8 Å². The van der Waals surface area contributed by atoms with Gasteiger partial charge in [-0.15, -0.1) is 0 Å². The lowest BCUT2D eigenvalue weighted by Gasteiger charge is -2.22. The molecular formula is C19H18N2O3. The second kappa shape index (κ2) is 5.46. The number of nitrogens with one attached hydrogen (secondary N) is 1. The fourth-order valence-corrected chi connectivity index (χ4v) is 3.96. The Morgan fingerprint density at radius 3 is 2.58 bits per heavy atom. The van der Waals surface area contributed by atoms with E-state index in [9.17, 15) is 9.59 Å². The van der Waals surface area contributed by atoms with Crippen molar-refractivity contribution in [3.05, 3.63) is 65.2 Å². The molecule has 1 fully saturated rings. The zero-order valence-electron chi connectivity index (χ0n) is 13.2. The maximum atomic E-state index is 13.1. The molecule has 1 spiro atoms. The topological polar surface area (TPSA) is 69.6 Å². The van der Waals surface area contributed by atoms with Gasteiger partial charge in [0.05, 0.1) is 5.41 Å². The maximum absolute atomic E-state index is 13.1. The van der Waals surface area contributed by atoms with Gasteiger partial charge in [0, 0.05) is 17.8 Å². The highest BCUT2D eigenvalue weighted by molar-refractivity contribution is 6.01. The molecule has 2 aromatic rings. The minimum atomic E-state index is -0.526. The van der Waals surface area contributed by atoms with E-state index in [0.29, 0.717) is 18.4 Å². The van der Waals surface area contributed by atoms with Gasteiger partial charge in [-0.2, -0.15) is 0 Å². The average molecular weight is 322 g/mol. The third-order valence-corrected chi connectivity index (χ3v) is 5.21. The van der Waals surface area contributed by atoms with Crippen molar-refractivity contribution in [2.75, 3.05) is 11.4 Å². The molecule has 5 heteroatoms. The molecule has 2 aromatic carbocycles. The number of benzene rings is 2. The molecule has 1 saturated heterocycles. The Morgan fingerprint density at radius 1 is 1.08 bits per heavy atom. The Hall–Kier alpha value is -2.66. The Morgan fingerprint density at radius 2 is 1.83 bits per heavy atom. The first-order valence-electron chi connectivity index (χ1n) is 8.06. The summed E-state index contributed by atoms with van der Waals surface area (Å²) in [6, 6.07) is 15.1. The molecule has 0 unspecified atom stereocenters. The highest BCUT2D eigenvalue weighted by Crippen LogP contribution is 2.46. The number of carbonyl (C=O) groups excluding carboxylic acids is 2. The van der Waals surface area contributed by atoms with Crippen LogP contribution in [0.5, 0.6) is 0 Å². The van der Waals surface area contributed by atoms with Gasteiger partial charge in [0.15, 0.2) is 0 Å². The number of carbonyl (C=O) groups is 2. The predicted molar refractivity (Wildman–Crippen MR) is 88.9 cm³/mol. The largest absolute Gasteiger partial charge is 0.312 e. The molecule has 122 valence electrons. The number of hydroxylamine groups is 1. The van der Waals surface area contributed by atoms with E-state index < -0.39 is 11.3 Å². The first-order valence-corrected chi connectivity index (χ1v) is 8.06. The van der Waals surface area contributed by atoms with Crippen LogP contribution in [0.15, 0.2) is 48.5 Å². The number of nitrogens with zero attached hydrogens (tertiary/aromatic N) is 1. The van der Waals surface area contributed by atoms with Gasteiger partial charge in [0.25, 0.3) is 5.91 Å². The fourth-order valence-electron chi connectivity index (χ4n) is 3.96. The minimum Gasteiger partial charge on any atom is -0.312 e. The van der Waals surface area contributed by atoms with Crippen LogP contribution in [0.1, 0.15) is 27.9 Å². The van der Waals surface area contributed by atoms with Gasteiger partial charge in [-0.1, -0.05) is 24.3 Å². The van der Waals surface area contributed by atoms with Crippen LogP contribution >= 0.6 is 0 Å². The first kappa shape index (κ1) is 14.9. The van der Waals surface area contributed by atoms with Crippen LogP contribution in [-0.4, -0.2) is 23.6 Å². The summed E-state index contributed by atoms with van der Waals surface area (Å²) in [4.78, 5) is 26.5. The van der Waals surface area contributed by atoms with Crippen molar-refractivity contribution in [1.29, 1.82) is 0 Å². The highest BCUT2D eigenvalue weighted by Gasteiger charge is 2.50. The number of para-hydroxylation sites is 1. The highest BCUT2D eigenvalue weighted by atomic mass is 16.5. The first-order chi connectivity index (χ1) is 11.6. The minimum absolute atomic E-state index is 0.165. The summed E-state index contributed by atoms with van der Waals surface area (Å²) in [5, 5.41) is 8.78. The van der Waals surface area contributed by atoms with E-state index in [4.69, 9.17) is 5.21 Å². The van der Waals surface area contributed by atoms with Crippen LogP contribution in [0, 0.1) is 5.41 Å². The normalized spacial score (nSPS) is 22.0. The maximum Gasteiger partial charge on any atom is 0.274 e. The molecule has 1 aliphatic heterocycles. The molecule has 2 N–H and O–H groups in total. The number of fused-ring (bicyclic) bond motifs is 1. The molecule has 1 heterocycles. The molecule has 1 aliphatic carbocycles. The van der Waals surface area contributed by atoms with Crippen LogP contribution in [-0.2, 0) is 17.6 Å². The van der Waals surface area contributed by atoms with Gasteiger partial charge in [-0.25, -0.2) is 5.48 Å². The summed E-state index contributed by atoms with van der Waals surface area (Å²) in [7, 11) is 0. The van der Waals surface area contributed by atoms with Crippen molar-refractivity contribution in [2.24, 2.45) is 5.41 Å². The van der Waals surface area contributed by atoms with E-state index >= 15 is 0 Å². The molecule has 4 rings (SSSR count). The quantitative estimate of drug-likeness (QED) is 0.658. The van der Waals surface area contributed by atoms with Gasteiger partial charge >= 0.3 is 0 Å². The van der Waals surface area contributed by atoms with Crippen molar-refractivity contribution in [3.8, 4) is 0 Å². The molecule has 5 nitrogen and oxygen atoms in total. The summed E-state index contributed by atoms with van der Waals surface area (Å²) >= 11 is 0. The lowest BCUT2D eigenvalue weighted by Crippen LogP contribution is -2.35. The number of hydrogen-bond acceptors (Lipinski definition) is 3. The number of hydrogen-bond donors (Lipinski definition) is 2. The van der Waals surface area contributed by atoms with E-state index in [0.717, 1.165) is 29.8 Å². The lowest BCUT2D eigenvalue weighted by atomic mass is 9.83. The van der Waals surface area contributed by atoms with Crippen molar-refractivity contribution in [1.82, 2.24) is 5.48 Å². The van der Waals surface area contributed by atoms with Gasteiger partial charge in [0.2, 0.25) is 5.91 Å². The van der Waals surface area contributed by atoms with E-state index in [1.807, 2.05) is 41.3 Å². The van der Waals surface area contributed by atoms with Crippen LogP contribution in [0.4, 0.5) is 5.69 Å². The summed E-state index contributed by atoms with van der Waals surface area (Å²) in [6.45, 7) is 0.723. The summed E-state index contributed by atoms with van der Waals surface area (Å²) in [5.41, 5.74) is 4.76. The number of amides is 2. The van der Waals surface area contributed by atoms with Crippen LogP contribution in [0.3, 0.4) is 0 Å². The molecule has 0 radical (unpaired) electrons. The zero-order chi connectivity index (χ0) is 16.7. The predicted octanol–water partition coefficient (Wildman–Crippen LogP) is 2.33. The van der Waals surface area contributed by atoms with E-state index in [1.165, 1.54) is 0 Å². The van der Waals surface area contributed by atoms with Crippen LogP contribution in [0.25, 0.3) is 0 Å². The second-order valence-corrected chi connectivity index (χ2v) is 6.60. The Labute approximate surface area is 139 Å². The van der Waals surface area contributed by atoms with Gasteiger partial charge < -0.3 is 4.90 Å². The average Bonchev–Trinajstić information content (AvgIpc) is 3.15. The Kier molecular flexibility index (Phi) is 3.39. The van der Waals surface area contributed by atoms with Crippen molar-refractivity contribution in [3.63, 3.8) is 0 Å². The van der Waals surface area contributed by atoms with E-state index in [-0.39, 0.29) is 5.91 Å². The van der Waals surface area contributed by atoms with E-state index in [2.05, 4.69) is 0 Å². The third-order valence-electron chi connectivity index (χ3n) is 5.21. The fraction of sp³-hybridized carbons (Fsp3) is 0.263. The van der Waals surface area contributed by atoms with Gasteiger partial charge in [0.1, 0.15) is 0 Å². The Bertz CT molecular complexity index is 819. The molecular weight excluding hydrogens is 304 g/mol. The van der Waals surface area contributed by atoms with E-state index in [1.54, 1.807) is 17.6 Å². The molecule has 24 heavy (non-hydrogen) atoms. The second-order valence-electron chi connectivity index (χ2n) is 6.60. The van der Waals surface area contributed by atoms with Gasteiger partial charge in [-0.3, -0.25) is 14.8 Å². The SMILES string of the molecule is O=C(NO)c1ccc2c(c1)C[C@@]1(CCN(c3ccccc3)C1=O)C2. The lowest BCUT2D eigenvalue weighted by molar-refractivity contribution is -0.125. The number of anilines is 1. The van der Waals surface area contributed by atoms with Gasteiger partial charge in [-0.05, 0) is 54.7 Å². The third kappa shape index (κ3) is 2.20. The monoisotopic (exact) mass is 322 g/mol. The van der Waals surface area contributed by atoms with Crippen LogP contribution < -0.4 is 10.4 Å². The number of rotatable bonds is 2. The molecule has 0 aromatic heterocycles. The summed E-state index contributed by atoms with van der Waals surface area (Å²) in [5.74, 6) is -0.361. The molecule has 0 bridgehead atoms. The molecule has 2 aliphatic rings. The van der Waals surface area contributed by atoms with Crippen molar-refractivity contribution in [2.45, 2.75) is 19.3 Å². The van der Waals surface area contributed by atoms with Crippen molar-refractivity contribution >= 4 is 17.5 Å². The molecule has 0 saturated carbocycles. The van der Waals surface area contributed by atoms with Crippen LogP contribution in [0.2, 0.25) is 0 Å². The molecule has 1 atom stereocenters. The standard InChI is InChI=1S/C19H18N2O3/c22-17(20-24)13-6-7-14-11-19(12-15(14)10-13)8-9-21(18(19)23)16-4-2-1-3-5-16/h1-7,10,24H,8-9,11-12H2,(H,20,22)/t19-/m1/s1. The smallest absolute Gasteiger partial charge is 0.274 e. The summed E-state index contributed by atoms with van der Waals surface area (Å²) in [6.07, 6.45) is 2.18. The Balaban J connectivity index is 1.62. The zero-order valence-corrected chi connectivity index (χ0v) is 13.2.